The van der Waals surface area contributed by atoms with E-state index in [9.17, 15) is 9.90 Å². The summed E-state index contributed by atoms with van der Waals surface area (Å²) >= 11 is 5.72. The number of anilines is 2. The Morgan fingerprint density at radius 3 is 2.85 bits per heavy atom. The van der Waals surface area contributed by atoms with Gasteiger partial charge in [-0.25, -0.2) is 4.79 Å². The smallest absolute Gasteiger partial charge is 0.339 e. The molecule has 0 amide bonds. The third-order valence-electron chi connectivity index (χ3n) is 2.97. The Morgan fingerprint density at radius 1 is 1.30 bits per heavy atom. The monoisotopic (exact) mass is 291 g/mol. The maximum Gasteiger partial charge on any atom is 0.339 e. The fraction of sp³-hybridized carbons (Fsp3) is 0.154. The zero-order valence-corrected chi connectivity index (χ0v) is 11.0. The highest BCUT2D eigenvalue weighted by Crippen LogP contribution is 2.38. The third kappa shape index (κ3) is 2.14. The number of aromatic carboxylic acids is 1. The van der Waals surface area contributed by atoms with Gasteiger partial charge in [-0.2, -0.15) is 0 Å². The van der Waals surface area contributed by atoms with Crippen LogP contribution in [0.15, 0.2) is 30.3 Å². The third-order valence-corrected chi connectivity index (χ3v) is 3.17. The van der Waals surface area contributed by atoms with Gasteiger partial charge in [-0.1, -0.05) is 17.7 Å². The van der Waals surface area contributed by atoms with Gasteiger partial charge in [0.2, 0.25) is 0 Å². The molecule has 0 spiro atoms. The van der Waals surface area contributed by atoms with E-state index < -0.39 is 5.97 Å². The molecule has 6 nitrogen and oxygen atoms in total. The number of benzene rings is 1. The summed E-state index contributed by atoms with van der Waals surface area (Å²) in [4.78, 5) is 13.1. The molecule has 0 atom stereocenters. The van der Waals surface area contributed by atoms with Crippen molar-refractivity contribution in [3.05, 3.63) is 41.0 Å². The van der Waals surface area contributed by atoms with Gasteiger partial charge in [0.1, 0.15) is 12.2 Å². The number of para-hydroxylation sites is 1. The summed E-state index contributed by atoms with van der Waals surface area (Å²) in [6.45, 7) is 0.938. The molecule has 0 saturated heterocycles. The van der Waals surface area contributed by atoms with Crippen LogP contribution in [0.4, 0.5) is 11.5 Å². The minimum atomic E-state index is -1.02. The Balaban J connectivity index is 2.08. The lowest BCUT2D eigenvalue weighted by atomic mass is 10.1. The van der Waals surface area contributed by atoms with Crippen LogP contribution in [0.2, 0.25) is 5.15 Å². The van der Waals surface area contributed by atoms with Crippen molar-refractivity contribution in [1.82, 2.24) is 10.2 Å². The van der Waals surface area contributed by atoms with Crippen molar-refractivity contribution in [2.24, 2.45) is 0 Å². The molecule has 0 bridgehead atoms. The van der Waals surface area contributed by atoms with Crippen molar-refractivity contribution in [3.63, 3.8) is 0 Å². The summed E-state index contributed by atoms with van der Waals surface area (Å²) in [6.07, 6.45) is 0. The van der Waals surface area contributed by atoms with Gasteiger partial charge in [0.15, 0.2) is 16.7 Å². The van der Waals surface area contributed by atoms with Crippen LogP contribution in [0.5, 0.6) is 5.75 Å². The van der Waals surface area contributed by atoms with Crippen molar-refractivity contribution < 1.29 is 14.6 Å². The van der Waals surface area contributed by atoms with E-state index in [4.69, 9.17) is 16.3 Å². The van der Waals surface area contributed by atoms with E-state index in [2.05, 4.69) is 10.2 Å². The number of aromatic nitrogens is 2. The number of rotatable bonds is 2. The number of hydrogen-bond donors (Lipinski definition) is 1. The number of nitrogens with zero attached hydrogens (tertiary/aromatic N) is 3. The number of carbonyl (C=O) groups is 1. The summed E-state index contributed by atoms with van der Waals surface area (Å²) in [6, 6.07) is 8.35. The molecule has 2 heterocycles. The van der Waals surface area contributed by atoms with Crippen molar-refractivity contribution in [1.29, 1.82) is 0 Å². The zero-order valence-electron chi connectivity index (χ0n) is 10.3. The van der Waals surface area contributed by atoms with Crippen LogP contribution in [0.3, 0.4) is 0 Å². The molecule has 7 heteroatoms. The molecular formula is C13H10ClN3O3. The molecule has 102 valence electrons. The van der Waals surface area contributed by atoms with E-state index in [0.29, 0.717) is 35.6 Å². The second-order valence-corrected chi connectivity index (χ2v) is 4.56. The molecule has 0 fully saturated rings. The van der Waals surface area contributed by atoms with Gasteiger partial charge >= 0.3 is 5.97 Å². The quantitative estimate of drug-likeness (QED) is 0.915. The second-order valence-electron chi connectivity index (χ2n) is 4.17. The van der Waals surface area contributed by atoms with E-state index in [1.165, 1.54) is 6.07 Å². The first-order chi connectivity index (χ1) is 9.66. The van der Waals surface area contributed by atoms with Gasteiger partial charge in [-0.3, -0.25) is 0 Å². The first-order valence-corrected chi connectivity index (χ1v) is 6.30. The molecular weight excluding hydrogens is 282 g/mol. The molecule has 20 heavy (non-hydrogen) atoms. The van der Waals surface area contributed by atoms with E-state index in [0.717, 1.165) is 0 Å². The minimum Gasteiger partial charge on any atom is -0.489 e. The molecule has 2 aromatic rings. The van der Waals surface area contributed by atoms with Crippen molar-refractivity contribution in [2.45, 2.75) is 0 Å². The van der Waals surface area contributed by atoms with E-state index in [-0.39, 0.29) is 5.56 Å². The van der Waals surface area contributed by atoms with Crippen LogP contribution in [0.1, 0.15) is 10.4 Å². The Labute approximate surface area is 119 Å². The topological polar surface area (TPSA) is 75.6 Å². The molecule has 1 N–H and O–H groups in total. The lowest BCUT2D eigenvalue weighted by Crippen LogP contribution is -2.30. The molecule has 0 saturated carbocycles. The number of ether oxygens (including phenoxy) is 1. The van der Waals surface area contributed by atoms with Crippen LogP contribution >= 0.6 is 11.6 Å². The summed E-state index contributed by atoms with van der Waals surface area (Å²) < 4.78 is 5.49. The molecule has 1 aromatic heterocycles. The average molecular weight is 292 g/mol. The number of halogens is 1. The van der Waals surface area contributed by atoms with Crippen molar-refractivity contribution in [2.75, 3.05) is 18.1 Å². The maximum atomic E-state index is 11.2. The average Bonchev–Trinajstić information content (AvgIpc) is 2.47. The van der Waals surface area contributed by atoms with Gasteiger partial charge in [-0.05, 0) is 24.3 Å². The van der Waals surface area contributed by atoms with Gasteiger partial charge in [0, 0.05) is 0 Å². The van der Waals surface area contributed by atoms with E-state index in [1.54, 1.807) is 24.3 Å². The highest BCUT2D eigenvalue weighted by molar-refractivity contribution is 6.29. The Kier molecular flexibility index (Phi) is 3.15. The molecule has 0 aliphatic carbocycles. The van der Waals surface area contributed by atoms with Crippen LogP contribution in [-0.2, 0) is 0 Å². The minimum absolute atomic E-state index is 0.133. The second kappa shape index (κ2) is 4.97. The molecule has 0 unspecified atom stereocenters. The zero-order chi connectivity index (χ0) is 14.1. The summed E-state index contributed by atoms with van der Waals surface area (Å²) in [7, 11) is 0. The highest BCUT2D eigenvalue weighted by Gasteiger charge is 2.25. The standard InChI is InChI=1S/C13H10ClN3O3/c14-10-4-5-11(16-15-10)17-6-7-20-12-8(13(18)19)2-1-3-9(12)17/h1-5H,6-7H2,(H,18,19). The molecule has 1 aliphatic rings. The largest absolute Gasteiger partial charge is 0.489 e. The molecule has 1 aromatic carbocycles. The maximum absolute atomic E-state index is 11.2. The Hall–Kier alpha value is -2.34. The van der Waals surface area contributed by atoms with Crippen LogP contribution in [0, 0.1) is 0 Å². The molecule has 0 radical (unpaired) electrons. The highest BCUT2D eigenvalue weighted by atomic mass is 35.5. The van der Waals surface area contributed by atoms with Gasteiger partial charge < -0.3 is 14.7 Å². The first kappa shape index (κ1) is 12.7. The Morgan fingerprint density at radius 2 is 2.15 bits per heavy atom. The van der Waals surface area contributed by atoms with Crippen LogP contribution < -0.4 is 9.64 Å². The Bertz CT molecular complexity index is 660. The van der Waals surface area contributed by atoms with Crippen molar-refractivity contribution >= 4 is 29.1 Å². The van der Waals surface area contributed by atoms with Gasteiger partial charge in [-0.15, -0.1) is 10.2 Å². The van der Waals surface area contributed by atoms with Crippen molar-refractivity contribution in [3.8, 4) is 5.75 Å². The first-order valence-electron chi connectivity index (χ1n) is 5.92. The van der Waals surface area contributed by atoms with Gasteiger partial charge in [0.25, 0.3) is 0 Å². The summed E-state index contributed by atoms with van der Waals surface area (Å²) in [5.41, 5.74) is 0.793. The number of hydrogen-bond acceptors (Lipinski definition) is 5. The SMILES string of the molecule is O=C(O)c1cccc2c1OCCN2c1ccc(Cl)nn1. The normalized spacial score (nSPS) is 13.6. The van der Waals surface area contributed by atoms with E-state index >= 15 is 0 Å². The fourth-order valence-corrected chi connectivity index (χ4v) is 2.21. The predicted octanol–water partition coefficient (Wildman–Crippen LogP) is 2.36. The lowest BCUT2D eigenvalue weighted by Gasteiger charge is -2.30. The molecule has 3 rings (SSSR count). The lowest BCUT2D eigenvalue weighted by molar-refractivity contribution is 0.0692. The van der Waals surface area contributed by atoms with E-state index in [1.807, 2.05) is 4.90 Å². The number of carboxylic acid groups (broad SMARTS) is 1. The van der Waals surface area contributed by atoms with Crippen LogP contribution in [0.25, 0.3) is 0 Å². The summed E-state index contributed by atoms with van der Waals surface area (Å²) in [5, 5.41) is 17.3. The molecule has 1 aliphatic heterocycles. The number of carboxylic acids is 1. The fourth-order valence-electron chi connectivity index (χ4n) is 2.11. The van der Waals surface area contributed by atoms with Gasteiger partial charge in [0.05, 0.1) is 12.2 Å². The predicted molar refractivity (Wildman–Crippen MR) is 72.9 cm³/mol. The summed E-state index contributed by atoms with van der Waals surface area (Å²) in [5.74, 6) is -0.0737. The number of fused-ring (bicyclic) bond motifs is 1. The van der Waals surface area contributed by atoms with Crippen LogP contribution in [-0.4, -0.2) is 34.4 Å².